The Kier molecular flexibility index (Phi) is 12.0. The van der Waals surface area contributed by atoms with Gasteiger partial charge in [0.25, 0.3) is 6.43 Å². The van der Waals surface area contributed by atoms with Gasteiger partial charge in [-0.05, 0) is 23.5 Å². The second-order valence-corrected chi connectivity index (χ2v) is 7.91. The van der Waals surface area contributed by atoms with Gasteiger partial charge in [0.15, 0.2) is 5.65 Å². The summed E-state index contributed by atoms with van der Waals surface area (Å²) < 4.78 is 66.0. The van der Waals surface area contributed by atoms with Gasteiger partial charge in [-0.3, -0.25) is 9.18 Å². The van der Waals surface area contributed by atoms with Crippen LogP contribution in [0, 0.1) is 11.3 Å². The Morgan fingerprint density at radius 1 is 1.18 bits per heavy atom. The zero-order valence-electron chi connectivity index (χ0n) is 22.2. The average Bonchev–Trinajstić information content (AvgIpc) is 3.46. The minimum absolute atomic E-state index is 0.120. The summed E-state index contributed by atoms with van der Waals surface area (Å²) in [5.41, 5.74) is 0.353. The molecule has 1 N–H and O–H groups in total. The Balaban J connectivity index is 0.00000112. The van der Waals surface area contributed by atoms with E-state index in [1.54, 1.807) is 6.07 Å². The first-order valence-corrected chi connectivity index (χ1v) is 11.8. The SMILES string of the molecule is CC.CC.CC1(C)CC(C(=O)Nc2cnc(OC(F)F)c(C#N)c2)c2cnn3cc(C(F)F)nc3c21.CF. The largest absolute Gasteiger partial charge is 0.415 e. The summed E-state index contributed by atoms with van der Waals surface area (Å²) in [5, 5.41) is 15.9. The number of halogens is 5. The van der Waals surface area contributed by atoms with Crippen molar-refractivity contribution in [3.05, 3.63) is 47.0 Å². The molecule has 0 saturated carbocycles. The fourth-order valence-corrected chi connectivity index (χ4v) is 3.99. The average molecular weight is 543 g/mol. The van der Waals surface area contributed by atoms with Gasteiger partial charge >= 0.3 is 6.61 Å². The normalized spacial score (nSPS) is 14.7. The van der Waals surface area contributed by atoms with Gasteiger partial charge < -0.3 is 10.1 Å². The lowest BCUT2D eigenvalue weighted by Gasteiger charge is -2.19. The quantitative estimate of drug-likeness (QED) is 0.365. The molecule has 1 amide bonds. The van der Waals surface area contributed by atoms with E-state index in [2.05, 4.69) is 25.1 Å². The van der Waals surface area contributed by atoms with Crippen molar-refractivity contribution in [2.45, 2.75) is 72.3 Å². The Morgan fingerprint density at radius 2 is 1.82 bits per heavy atom. The predicted molar refractivity (Wildman–Crippen MR) is 132 cm³/mol. The molecule has 208 valence electrons. The van der Waals surface area contributed by atoms with E-state index in [0.717, 1.165) is 12.4 Å². The number of pyridine rings is 1. The van der Waals surface area contributed by atoms with E-state index in [9.17, 15) is 26.7 Å². The molecule has 0 fully saturated rings. The van der Waals surface area contributed by atoms with E-state index in [4.69, 9.17) is 5.26 Å². The molecule has 38 heavy (non-hydrogen) atoms. The standard InChI is InChI=1S/C20H16F4N6O2.2C2H6.CH3F/c1-20(2)4-11(12-7-27-30-8-13(15(21)22)29-16(30)14(12)20)17(31)28-10-3-9(5-25)18(26-6-10)32-19(23)24;3*1-2/h3,6-8,11,15,19H,4H2,1-2H3,(H,28,31);2*1-2H3;1H3. The third-order valence-electron chi connectivity index (χ3n) is 5.29. The minimum Gasteiger partial charge on any atom is -0.415 e. The molecule has 1 aliphatic carbocycles. The fourth-order valence-electron chi connectivity index (χ4n) is 3.99. The van der Waals surface area contributed by atoms with Crippen LogP contribution in [0.5, 0.6) is 5.88 Å². The van der Waals surface area contributed by atoms with Crippen molar-refractivity contribution in [3.8, 4) is 11.9 Å². The third kappa shape index (κ3) is 6.93. The van der Waals surface area contributed by atoms with Gasteiger partial charge in [-0.15, -0.1) is 0 Å². The maximum absolute atomic E-state index is 13.1. The second-order valence-electron chi connectivity index (χ2n) is 7.91. The smallest absolute Gasteiger partial charge is 0.388 e. The van der Waals surface area contributed by atoms with Crippen LogP contribution in [0.15, 0.2) is 24.7 Å². The molecule has 1 aliphatic rings. The topological polar surface area (TPSA) is 105 Å². The first-order valence-electron chi connectivity index (χ1n) is 11.8. The number of alkyl halides is 5. The highest BCUT2D eigenvalue weighted by molar-refractivity contribution is 5.97. The molecule has 4 rings (SSSR count). The number of nitrogens with one attached hydrogen (secondary N) is 1. The van der Waals surface area contributed by atoms with Gasteiger partial charge in [0.2, 0.25) is 11.8 Å². The number of carbonyl (C=O) groups is 1. The number of imidazole rings is 1. The van der Waals surface area contributed by atoms with Gasteiger partial charge in [0.05, 0.1) is 37.4 Å². The summed E-state index contributed by atoms with van der Waals surface area (Å²) in [6.45, 7) is 8.61. The van der Waals surface area contributed by atoms with Gasteiger partial charge in [0, 0.05) is 5.56 Å². The van der Waals surface area contributed by atoms with Crippen LogP contribution in [0.4, 0.5) is 27.6 Å². The van der Waals surface area contributed by atoms with Crippen LogP contribution in [0.1, 0.15) is 82.7 Å². The highest BCUT2D eigenvalue weighted by atomic mass is 19.3. The number of nitrogens with zero attached hydrogens (tertiary/aromatic N) is 5. The lowest BCUT2D eigenvalue weighted by Crippen LogP contribution is -2.21. The summed E-state index contributed by atoms with van der Waals surface area (Å²) in [6, 6.07) is 2.87. The Bertz CT molecular complexity index is 1260. The number of anilines is 1. The molecule has 0 aromatic carbocycles. The number of fused-ring (bicyclic) bond motifs is 3. The summed E-state index contributed by atoms with van der Waals surface area (Å²) in [5.74, 6) is -1.67. The van der Waals surface area contributed by atoms with Crippen LogP contribution in [0.2, 0.25) is 0 Å². The lowest BCUT2D eigenvalue weighted by molar-refractivity contribution is -0.117. The number of amides is 1. The van der Waals surface area contributed by atoms with Crippen molar-refractivity contribution < 1.29 is 31.5 Å². The summed E-state index contributed by atoms with van der Waals surface area (Å²) >= 11 is 0. The van der Waals surface area contributed by atoms with Crippen LogP contribution >= 0.6 is 0 Å². The molecule has 0 spiro atoms. The lowest BCUT2D eigenvalue weighted by atomic mass is 9.86. The number of aromatic nitrogens is 4. The van der Waals surface area contributed by atoms with Crippen LogP contribution < -0.4 is 10.1 Å². The summed E-state index contributed by atoms with van der Waals surface area (Å²) in [7, 11) is 0.500. The van der Waals surface area contributed by atoms with Crippen molar-refractivity contribution in [1.82, 2.24) is 19.6 Å². The van der Waals surface area contributed by atoms with Crippen molar-refractivity contribution in [2.75, 3.05) is 12.5 Å². The first-order chi connectivity index (χ1) is 18.1. The minimum atomic E-state index is -3.15. The number of nitriles is 1. The third-order valence-corrected chi connectivity index (χ3v) is 5.29. The van der Waals surface area contributed by atoms with E-state index in [1.165, 1.54) is 16.8 Å². The molecule has 1 unspecified atom stereocenters. The number of ether oxygens (including phenoxy) is 1. The Hall–Kier alpha value is -3.82. The Labute approximate surface area is 217 Å². The molecule has 8 nitrogen and oxygen atoms in total. The molecule has 13 heteroatoms. The van der Waals surface area contributed by atoms with Gasteiger partial charge in [-0.25, -0.2) is 23.3 Å². The number of carbonyl (C=O) groups excluding carboxylic acids is 1. The molecule has 3 heterocycles. The molecule has 0 bridgehead atoms. The van der Waals surface area contributed by atoms with Crippen molar-refractivity contribution in [3.63, 3.8) is 0 Å². The van der Waals surface area contributed by atoms with Crippen LogP contribution in [-0.4, -0.2) is 39.3 Å². The molecule has 3 aromatic rings. The molecule has 0 radical (unpaired) electrons. The second kappa shape index (κ2) is 14.2. The number of hydrogen-bond donors (Lipinski definition) is 1. The Morgan fingerprint density at radius 3 is 2.37 bits per heavy atom. The van der Waals surface area contributed by atoms with Crippen LogP contribution in [0.25, 0.3) is 5.65 Å². The number of rotatable bonds is 5. The van der Waals surface area contributed by atoms with E-state index >= 15 is 0 Å². The highest BCUT2D eigenvalue weighted by Gasteiger charge is 2.43. The zero-order chi connectivity index (χ0) is 29.2. The van der Waals surface area contributed by atoms with E-state index in [0.29, 0.717) is 24.7 Å². The van der Waals surface area contributed by atoms with Crippen molar-refractivity contribution in [2.24, 2.45) is 0 Å². The zero-order valence-corrected chi connectivity index (χ0v) is 22.2. The maximum atomic E-state index is 13.1. The van der Waals surface area contributed by atoms with Crippen LogP contribution in [0.3, 0.4) is 0 Å². The van der Waals surface area contributed by atoms with Crippen molar-refractivity contribution in [1.29, 1.82) is 5.26 Å². The van der Waals surface area contributed by atoms with Crippen LogP contribution in [-0.2, 0) is 10.2 Å². The summed E-state index contributed by atoms with van der Waals surface area (Å²) in [4.78, 5) is 20.7. The van der Waals surface area contributed by atoms with Gasteiger partial charge in [0.1, 0.15) is 17.3 Å². The fraction of sp³-hybridized carbons (Fsp3) is 0.480. The van der Waals surface area contributed by atoms with E-state index < -0.39 is 41.9 Å². The van der Waals surface area contributed by atoms with Crippen molar-refractivity contribution >= 4 is 17.2 Å². The monoisotopic (exact) mass is 542 g/mol. The molecule has 0 saturated heterocycles. The molecular weight excluding hydrogens is 511 g/mol. The van der Waals surface area contributed by atoms with Gasteiger partial charge in [-0.2, -0.15) is 19.1 Å². The van der Waals surface area contributed by atoms with E-state index in [-0.39, 0.29) is 16.9 Å². The molecule has 0 aliphatic heterocycles. The maximum Gasteiger partial charge on any atom is 0.388 e. The first kappa shape index (κ1) is 32.2. The highest BCUT2D eigenvalue weighted by Crippen LogP contribution is 2.47. The molecule has 3 aromatic heterocycles. The van der Waals surface area contributed by atoms with E-state index in [1.807, 2.05) is 41.5 Å². The predicted octanol–water partition coefficient (Wildman–Crippen LogP) is 6.58. The summed E-state index contributed by atoms with van der Waals surface area (Å²) in [6.07, 6.45) is 1.31. The molecule has 1 atom stereocenters. The van der Waals surface area contributed by atoms with Gasteiger partial charge in [-0.1, -0.05) is 41.5 Å². The molecular formula is C25H31F5N6O2. The number of hydrogen-bond acceptors (Lipinski definition) is 6.